The van der Waals surface area contributed by atoms with Crippen molar-refractivity contribution in [1.82, 2.24) is 0 Å². The Kier molecular flexibility index (Phi) is 3.65. The molecule has 0 spiro atoms. The van der Waals surface area contributed by atoms with Crippen LogP contribution in [-0.4, -0.2) is 19.8 Å². The van der Waals surface area contributed by atoms with E-state index in [-0.39, 0.29) is 0 Å². The van der Waals surface area contributed by atoms with Crippen molar-refractivity contribution in [2.45, 2.75) is 13.3 Å². The molecule has 1 fully saturated rings. The fourth-order valence-corrected chi connectivity index (χ4v) is 1.99. The second-order valence-electron chi connectivity index (χ2n) is 3.95. The number of hydrogen-bond acceptors (Lipinski definition) is 2. The van der Waals surface area contributed by atoms with E-state index in [0.29, 0.717) is 5.92 Å². The molecule has 1 heterocycles. The summed E-state index contributed by atoms with van der Waals surface area (Å²) in [5.74, 6) is 1.53. The maximum absolute atomic E-state index is 5.79. The molecule has 1 aliphatic heterocycles. The molecule has 0 saturated carbocycles. The SMILES string of the molecule is Cc1ccc(Br)cc1OCC1CCOC1. The maximum Gasteiger partial charge on any atom is 0.123 e. The lowest BCUT2D eigenvalue weighted by atomic mass is 10.1. The Labute approximate surface area is 98.7 Å². The number of benzene rings is 1. The van der Waals surface area contributed by atoms with Crippen molar-refractivity contribution in [1.29, 1.82) is 0 Å². The van der Waals surface area contributed by atoms with Crippen LogP contribution in [0.2, 0.25) is 0 Å². The van der Waals surface area contributed by atoms with Crippen LogP contribution in [0.25, 0.3) is 0 Å². The van der Waals surface area contributed by atoms with Crippen LogP contribution in [0.15, 0.2) is 22.7 Å². The van der Waals surface area contributed by atoms with E-state index >= 15 is 0 Å². The van der Waals surface area contributed by atoms with Crippen LogP contribution in [-0.2, 0) is 4.74 Å². The zero-order valence-corrected chi connectivity index (χ0v) is 10.4. The van der Waals surface area contributed by atoms with E-state index in [1.165, 1.54) is 5.56 Å². The van der Waals surface area contributed by atoms with Gasteiger partial charge in [0.15, 0.2) is 0 Å². The van der Waals surface area contributed by atoms with Crippen molar-refractivity contribution in [3.8, 4) is 5.75 Å². The van der Waals surface area contributed by atoms with Gasteiger partial charge in [-0.25, -0.2) is 0 Å². The third-order valence-corrected chi connectivity index (χ3v) is 3.14. The van der Waals surface area contributed by atoms with Crippen LogP contribution in [0.5, 0.6) is 5.75 Å². The third-order valence-electron chi connectivity index (χ3n) is 2.65. The minimum atomic E-state index is 0.559. The average molecular weight is 271 g/mol. The molecule has 0 radical (unpaired) electrons. The van der Waals surface area contributed by atoms with E-state index in [2.05, 4.69) is 28.9 Å². The molecular weight excluding hydrogens is 256 g/mol. The molecule has 1 aromatic carbocycles. The first-order chi connectivity index (χ1) is 7.25. The molecule has 82 valence electrons. The van der Waals surface area contributed by atoms with Gasteiger partial charge in [-0.15, -0.1) is 0 Å². The van der Waals surface area contributed by atoms with Crippen molar-refractivity contribution in [2.75, 3.05) is 19.8 Å². The Morgan fingerprint density at radius 1 is 1.53 bits per heavy atom. The summed E-state index contributed by atoms with van der Waals surface area (Å²) in [6, 6.07) is 6.11. The molecule has 1 saturated heterocycles. The minimum absolute atomic E-state index is 0.559. The van der Waals surface area contributed by atoms with Crippen LogP contribution < -0.4 is 4.74 Å². The smallest absolute Gasteiger partial charge is 0.123 e. The van der Waals surface area contributed by atoms with Gasteiger partial charge in [-0.1, -0.05) is 22.0 Å². The van der Waals surface area contributed by atoms with Crippen molar-refractivity contribution in [2.24, 2.45) is 5.92 Å². The highest BCUT2D eigenvalue weighted by Gasteiger charge is 2.16. The van der Waals surface area contributed by atoms with E-state index in [4.69, 9.17) is 9.47 Å². The fraction of sp³-hybridized carbons (Fsp3) is 0.500. The lowest BCUT2D eigenvalue weighted by Gasteiger charge is -2.12. The highest BCUT2D eigenvalue weighted by Crippen LogP contribution is 2.24. The summed E-state index contributed by atoms with van der Waals surface area (Å²) in [7, 11) is 0. The fourth-order valence-electron chi connectivity index (χ4n) is 1.65. The van der Waals surface area contributed by atoms with E-state index < -0.39 is 0 Å². The zero-order chi connectivity index (χ0) is 10.7. The average Bonchev–Trinajstić information content (AvgIpc) is 2.72. The topological polar surface area (TPSA) is 18.5 Å². The molecule has 1 aliphatic rings. The summed E-state index contributed by atoms with van der Waals surface area (Å²) in [4.78, 5) is 0. The van der Waals surface area contributed by atoms with Crippen molar-refractivity contribution < 1.29 is 9.47 Å². The van der Waals surface area contributed by atoms with Gasteiger partial charge in [-0.3, -0.25) is 0 Å². The third kappa shape index (κ3) is 2.95. The quantitative estimate of drug-likeness (QED) is 0.840. The molecule has 1 aromatic rings. The lowest BCUT2D eigenvalue weighted by Crippen LogP contribution is -2.12. The highest BCUT2D eigenvalue weighted by atomic mass is 79.9. The van der Waals surface area contributed by atoms with Crippen LogP contribution in [0.4, 0.5) is 0 Å². The van der Waals surface area contributed by atoms with E-state index in [9.17, 15) is 0 Å². The van der Waals surface area contributed by atoms with Crippen LogP contribution >= 0.6 is 15.9 Å². The number of aryl methyl sites for hydroxylation is 1. The van der Waals surface area contributed by atoms with Crippen LogP contribution in [0.3, 0.4) is 0 Å². The van der Waals surface area contributed by atoms with Gasteiger partial charge in [0.25, 0.3) is 0 Å². The van der Waals surface area contributed by atoms with E-state index in [0.717, 1.165) is 36.5 Å². The zero-order valence-electron chi connectivity index (χ0n) is 8.83. The molecule has 0 amide bonds. The molecule has 2 nitrogen and oxygen atoms in total. The van der Waals surface area contributed by atoms with Crippen LogP contribution in [0, 0.1) is 12.8 Å². The standard InChI is InChI=1S/C12H15BrO2/c1-9-2-3-11(13)6-12(9)15-8-10-4-5-14-7-10/h2-3,6,10H,4-5,7-8H2,1H3. The Morgan fingerprint density at radius 3 is 3.13 bits per heavy atom. The molecule has 0 aromatic heterocycles. The molecule has 3 heteroatoms. The Balaban J connectivity index is 1.94. The van der Waals surface area contributed by atoms with Crippen molar-refractivity contribution in [3.05, 3.63) is 28.2 Å². The number of hydrogen-bond donors (Lipinski definition) is 0. The predicted molar refractivity (Wildman–Crippen MR) is 63.3 cm³/mol. The number of ether oxygens (including phenoxy) is 2. The molecule has 1 unspecified atom stereocenters. The molecule has 15 heavy (non-hydrogen) atoms. The monoisotopic (exact) mass is 270 g/mol. The maximum atomic E-state index is 5.79. The Hall–Kier alpha value is -0.540. The number of halogens is 1. The largest absolute Gasteiger partial charge is 0.493 e. The summed E-state index contributed by atoms with van der Waals surface area (Å²) in [5, 5.41) is 0. The van der Waals surface area contributed by atoms with Gasteiger partial charge in [0.1, 0.15) is 5.75 Å². The second kappa shape index (κ2) is 4.99. The van der Waals surface area contributed by atoms with Gasteiger partial charge in [0, 0.05) is 17.0 Å². The Morgan fingerprint density at radius 2 is 2.40 bits per heavy atom. The summed E-state index contributed by atoms with van der Waals surface area (Å²) < 4.78 is 12.2. The van der Waals surface area contributed by atoms with Gasteiger partial charge in [0.2, 0.25) is 0 Å². The van der Waals surface area contributed by atoms with Gasteiger partial charge >= 0.3 is 0 Å². The number of rotatable bonds is 3. The van der Waals surface area contributed by atoms with Gasteiger partial charge in [0.05, 0.1) is 13.2 Å². The first-order valence-corrected chi connectivity index (χ1v) is 6.01. The summed E-state index contributed by atoms with van der Waals surface area (Å²) in [6.45, 7) is 4.54. The summed E-state index contributed by atoms with van der Waals surface area (Å²) in [5.41, 5.74) is 1.18. The summed E-state index contributed by atoms with van der Waals surface area (Å²) in [6.07, 6.45) is 1.12. The molecule has 1 atom stereocenters. The molecule has 0 bridgehead atoms. The predicted octanol–water partition coefficient (Wildman–Crippen LogP) is 3.17. The minimum Gasteiger partial charge on any atom is -0.493 e. The normalized spacial score (nSPS) is 20.5. The van der Waals surface area contributed by atoms with Crippen LogP contribution in [0.1, 0.15) is 12.0 Å². The van der Waals surface area contributed by atoms with Crippen molar-refractivity contribution in [3.63, 3.8) is 0 Å². The Bertz CT molecular complexity index is 332. The van der Waals surface area contributed by atoms with Gasteiger partial charge in [-0.2, -0.15) is 0 Å². The first-order valence-electron chi connectivity index (χ1n) is 5.22. The van der Waals surface area contributed by atoms with E-state index in [1.807, 2.05) is 12.1 Å². The van der Waals surface area contributed by atoms with E-state index in [1.54, 1.807) is 0 Å². The molecule has 2 rings (SSSR count). The summed E-state index contributed by atoms with van der Waals surface area (Å²) >= 11 is 3.45. The van der Waals surface area contributed by atoms with Crippen molar-refractivity contribution >= 4 is 15.9 Å². The lowest BCUT2D eigenvalue weighted by molar-refractivity contribution is 0.167. The van der Waals surface area contributed by atoms with Gasteiger partial charge < -0.3 is 9.47 Å². The molecule has 0 aliphatic carbocycles. The van der Waals surface area contributed by atoms with Gasteiger partial charge in [-0.05, 0) is 31.0 Å². The molecule has 0 N–H and O–H groups in total. The first kappa shape index (κ1) is 11.0. The highest BCUT2D eigenvalue weighted by molar-refractivity contribution is 9.10. The second-order valence-corrected chi connectivity index (χ2v) is 4.87. The molecular formula is C12H15BrO2.